The van der Waals surface area contributed by atoms with Crippen LogP contribution in [0.3, 0.4) is 0 Å². The third kappa shape index (κ3) is 3.79. The largest absolute Gasteiger partial charge is 0.496 e. The summed E-state index contributed by atoms with van der Waals surface area (Å²) in [5, 5.41) is 0. The number of hydrogen-bond acceptors (Lipinski definition) is 2. The van der Waals surface area contributed by atoms with E-state index in [1.165, 1.54) is 55.2 Å². The number of methoxy groups -OCH3 is 1. The lowest BCUT2D eigenvalue weighted by Crippen LogP contribution is -2.26. The quantitative estimate of drug-likeness (QED) is 0.835. The van der Waals surface area contributed by atoms with Crippen LogP contribution in [0.5, 0.6) is 5.75 Å². The van der Waals surface area contributed by atoms with E-state index in [1.807, 2.05) is 0 Å². The van der Waals surface area contributed by atoms with Crippen molar-refractivity contribution in [1.29, 1.82) is 0 Å². The molecule has 0 bridgehead atoms. The maximum Gasteiger partial charge on any atom is 0.122 e. The van der Waals surface area contributed by atoms with Crippen LogP contribution < -0.4 is 10.5 Å². The smallest absolute Gasteiger partial charge is 0.122 e. The van der Waals surface area contributed by atoms with Gasteiger partial charge in [-0.2, -0.15) is 0 Å². The molecule has 0 aromatic heterocycles. The van der Waals surface area contributed by atoms with Crippen LogP contribution in [0, 0.1) is 25.7 Å². The van der Waals surface area contributed by atoms with Gasteiger partial charge in [0.2, 0.25) is 0 Å². The molecule has 0 aliphatic heterocycles. The number of nitrogens with two attached hydrogens (primary N) is 1. The van der Waals surface area contributed by atoms with Crippen LogP contribution in [0.1, 0.15) is 68.2 Å². The van der Waals surface area contributed by atoms with Gasteiger partial charge < -0.3 is 10.5 Å². The number of rotatable bonds is 5. The van der Waals surface area contributed by atoms with Crippen molar-refractivity contribution in [3.8, 4) is 5.75 Å². The molecule has 21 heavy (non-hydrogen) atoms. The number of benzene rings is 1. The van der Waals surface area contributed by atoms with E-state index < -0.39 is 0 Å². The first kappa shape index (κ1) is 16.4. The molecule has 1 aliphatic rings. The lowest BCUT2D eigenvalue weighted by molar-refractivity contribution is 0.234. The van der Waals surface area contributed by atoms with Crippen molar-refractivity contribution in [3.05, 3.63) is 28.8 Å². The fraction of sp³-hybridized carbons (Fsp3) is 0.684. The molecule has 0 heterocycles. The summed E-state index contributed by atoms with van der Waals surface area (Å²) < 4.78 is 5.41. The van der Waals surface area contributed by atoms with E-state index in [-0.39, 0.29) is 6.04 Å². The second kappa shape index (κ2) is 7.31. The van der Waals surface area contributed by atoms with Crippen LogP contribution >= 0.6 is 0 Å². The van der Waals surface area contributed by atoms with Crippen LogP contribution in [-0.2, 0) is 0 Å². The Balaban J connectivity index is 2.07. The van der Waals surface area contributed by atoms with Crippen molar-refractivity contribution >= 4 is 0 Å². The lowest BCUT2D eigenvalue weighted by atomic mass is 9.75. The number of aryl methyl sites for hydroxylation is 2. The predicted octanol–water partition coefficient (Wildman–Crippen LogP) is 4.92. The summed E-state index contributed by atoms with van der Waals surface area (Å²) in [4.78, 5) is 0. The van der Waals surface area contributed by atoms with Crippen molar-refractivity contribution in [2.45, 2.75) is 65.3 Å². The average molecular weight is 289 g/mol. The SMILES string of the molecule is CCCC1CCC(C(N)c2cc(C)c(OC)cc2C)CC1. The molecular formula is C19H31NO. The topological polar surface area (TPSA) is 35.2 Å². The highest BCUT2D eigenvalue weighted by Gasteiger charge is 2.27. The van der Waals surface area contributed by atoms with E-state index in [9.17, 15) is 0 Å². The Labute approximate surface area is 130 Å². The molecule has 1 aromatic rings. The Morgan fingerprint density at radius 2 is 1.81 bits per heavy atom. The zero-order valence-corrected chi connectivity index (χ0v) is 14.1. The van der Waals surface area contributed by atoms with Crippen molar-refractivity contribution in [2.24, 2.45) is 17.6 Å². The van der Waals surface area contributed by atoms with Crippen LogP contribution in [0.25, 0.3) is 0 Å². The van der Waals surface area contributed by atoms with E-state index in [2.05, 4.69) is 32.9 Å². The molecule has 1 unspecified atom stereocenters. The molecule has 0 spiro atoms. The summed E-state index contributed by atoms with van der Waals surface area (Å²) in [6, 6.07) is 4.54. The van der Waals surface area contributed by atoms with Gasteiger partial charge in [-0.05, 0) is 61.3 Å². The minimum atomic E-state index is 0.178. The molecule has 2 rings (SSSR count). The number of ether oxygens (including phenoxy) is 1. The Kier molecular flexibility index (Phi) is 5.69. The van der Waals surface area contributed by atoms with E-state index >= 15 is 0 Å². The molecule has 1 atom stereocenters. The zero-order valence-electron chi connectivity index (χ0n) is 14.1. The summed E-state index contributed by atoms with van der Waals surface area (Å²) in [5.41, 5.74) is 10.4. The second-order valence-electron chi connectivity index (χ2n) is 6.77. The summed E-state index contributed by atoms with van der Waals surface area (Å²) in [6.45, 7) is 6.55. The summed E-state index contributed by atoms with van der Waals surface area (Å²) in [5.74, 6) is 2.55. The normalized spacial score (nSPS) is 23.9. The van der Waals surface area contributed by atoms with Crippen LogP contribution in [0.15, 0.2) is 12.1 Å². The minimum Gasteiger partial charge on any atom is -0.496 e. The van der Waals surface area contributed by atoms with Crippen molar-refractivity contribution < 1.29 is 4.74 Å². The molecule has 1 aliphatic carbocycles. The van der Waals surface area contributed by atoms with Crippen LogP contribution in [-0.4, -0.2) is 7.11 Å². The van der Waals surface area contributed by atoms with Gasteiger partial charge in [-0.15, -0.1) is 0 Å². The summed E-state index contributed by atoms with van der Waals surface area (Å²) in [7, 11) is 1.73. The first-order valence-electron chi connectivity index (χ1n) is 8.47. The van der Waals surface area contributed by atoms with Gasteiger partial charge in [0.05, 0.1) is 7.11 Å². The molecule has 2 N–H and O–H groups in total. The van der Waals surface area contributed by atoms with Crippen molar-refractivity contribution in [2.75, 3.05) is 7.11 Å². The van der Waals surface area contributed by atoms with Gasteiger partial charge in [0.15, 0.2) is 0 Å². The fourth-order valence-electron chi connectivity index (χ4n) is 3.89. The molecule has 2 heteroatoms. The van der Waals surface area contributed by atoms with Gasteiger partial charge in [0.1, 0.15) is 5.75 Å². The molecule has 2 nitrogen and oxygen atoms in total. The third-order valence-corrected chi connectivity index (χ3v) is 5.24. The molecule has 0 radical (unpaired) electrons. The maximum absolute atomic E-state index is 6.61. The highest BCUT2D eigenvalue weighted by Crippen LogP contribution is 2.39. The Morgan fingerprint density at radius 1 is 1.14 bits per heavy atom. The van der Waals surface area contributed by atoms with Gasteiger partial charge in [-0.1, -0.05) is 38.7 Å². The van der Waals surface area contributed by atoms with Gasteiger partial charge in [-0.3, -0.25) is 0 Å². The summed E-state index contributed by atoms with van der Waals surface area (Å²) >= 11 is 0. The van der Waals surface area contributed by atoms with E-state index in [4.69, 9.17) is 10.5 Å². The average Bonchev–Trinajstić information content (AvgIpc) is 2.49. The molecule has 0 saturated heterocycles. The van der Waals surface area contributed by atoms with Gasteiger partial charge >= 0.3 is 0 Å². The van der Waals surface area contributed by atoms with Crippen molar-refractivity contribution in [3.63, 3.8) is 0 Å². The highest BCUT2D eigenvalue weighted by molar-refractivity contribution is 5.43. The van der Waals surface area contributed by atoms with Gasteiger partial charge in [-0.25, -0.2) is 0 Å². The molecule has 118 valence electrons. The first-order chi connectivity index (χ1) is 10.1. The molecular weight excluding hydrogens is 258 g/mol. The van der Waals surface area contributed by atoms with E-state index in [0.29, 0.717) is 5.92 Å². The Morgan fingerprint density at radius 3 is 2.38 bits per heavy atom. The highest BCUT2D eigenvalue weighted by atomic mass is 16.5. The van der Waals surface area contributed by atoms with E-state index in [0.717, 1.165) is 11.7 Å². The fourth-order valence-corrected chi connectivity index (χ4v) is 3.89. The minimum absolute atomic E-state index is 0.178. The molecule has 1 fully saturated rings. The Bertz CT molecular complexity index is 461. The standard InChI is InChI=1S/C19H31NO/c1-5-6-15-7-9-16(10-8-15)19(20)17-11-14(3)18(21-4)12-13(17)2/h11-12,15-16,19H,5-10,20H2,1-4H3. The monoisotopic (exact) mass is 289 g/mol. The predicted molar refractivity (Wildman–Crippen MR) is 89.8 cm³/mol. The Hall–Kier alpha value is -1.02. The molecule has 1 aromatic carbocycles. The van der Waals surface area contributed by atoms with Crippen molar-refractivity contribution in [1.82, 2.24) is 0 Å². The lowest BCUT2D eigenvalue weighted by Gasteiger charge is -2.33. The third-order valence-electron chi connectivity index (χ3n) is 5.24. The second-order valence-corrected chi connectivity index (χ2v) is 6.77. The van der Waals surface area contributed by atoms with Gasteiger partial charge in [0.25, 0.3) is 0 Å². The summed E-state index contributed by atoms with van der Waals surface area (Å²) in [6.07, 6.45) is 8.01. The van der Waals surface area contributed by atoms with Gasteiger partial charge in [0, 0.05) is 6.04 Å². The molecule has 1 saturated carbocycles. The van der Waals surface area contributed by atoms with E-state index in [1.54, 1.807) is 7.11 Å². The number of hydrogen-bond donors (Lipinski definition) is 1. The zero-order chi connectivity index (χ0) is 15.4. The first-order valence-corrected chi connectivity index (χ1v) is 8.47. The maximum atomic E-state index is 6.61. The van der Waals surface area contributed by atoms with Crippen LogP contribution in [0.2, 0.25) is 0 Å². The van der Waals surface area contributed by atoms with Crippen LogP contribution in [0.4, 0.5) is 0 Å². The molecule has 0 amide bonds.